The quantitative estimate of drug-likeness (QED) is 0.292. The standard InChI is InChI=1S/C21H20S.BBr3/c1-15-12-13-19(14-20(15)18-10-5-4-6-11-18)22-21-16(2)8-7-9-17(21)3;2-1(3)4/h4-14H,1-3H3;. The van der Waals surface area contributed by atoms with Gasteiger partial charge in [0.2, 0.25) is 0 Å². The van der Waals surface area contributed by atoms with Crippen LogP contribution in [-0.2, 0) is 0 Å². The minimum absolute atomic E-state index is 0.271. The van der Waals surface area contributed by atoms with E-state index in [0.717, 1.165) is 0 Å². The van der Waals surface area contributed by atoms with Gasteiger partial charge in [-0.25, -0.2) is 0 Å². The molecule has 5 heteroatoms. The lowest BCUT2D eigenvalue weighted by Gasteiger charge is -2.12. The molecule has 0 bridgehead atoms. The Morgan fingerprint density at radius 1 is 0.692 bits per heavy atom. The molecular weight excluding hydrogens is 535 g/mol. The van der Waals surface area contributed by atoms with Crippen LogP contribution < -0.4 is 0 Å². The topological polar surface area (TPSA) is 0 Å². The summed E-state index contributed by atoms with van der Waals surface area (Å²) in [5.74, 6) is 0. The molecular formula is C21H20BBr3S. The van der Waals surface area contributed by atoms with Gasteiger partial charge in [0.1, 0.15) is 0 Å². The molecule has 0 heterocycles. The van der Waals surface area contributed by atoms with Crippen LogP contribution in [0.4, 0.5) is 0 Å². The number of rotatable bonds is 3. The van der Waals surface area contributed by atoms with Gasteiger partial charge in [0, 0.05) is 9.79 Å². The summed E-state index contributed by atoms with van der Waals surface area (Å²) in [6.45, 7) is 6.54. The average Bonchev–Trinajstić information content (AvgIpc) is 2.60. The molecule has 0 nitrogen and oxygen atoms in total. The Morgan fingerprint density at radius 2 is 1.27 bits per heavy atom. The van der Waals surface area contributed by atoms with Gasteiger partial charge >= 0.3 is 3.18 Å². The number of halogens is 3. The van der Waals surface area contributed by atoms with Gasteiger partial charge in [0.15, 0.2) is 0 Å². The fraction of sp³-hybridized carbons (Fsp3) is 0.143. The largest absolute Gasteiger partial charge is 0.369 e. The maximum Gasteiger partial charge on any atom is 0.369 e. The van der Waals surface area contributed by atoms with Crippen LogP contribution in [0, 0.1) is 20.8 Å². The van der Waals surface area contributed by atoms with E-state index in [9.17, 15) is 0 Å². The van der Waals surface area contributed by atoms with Crippen molar-refractivity contribution in [2.75, 3.05) is 0 Å². The fourth-order valence-electron chi connectivity index (χ4n) is 2.67. The molecule has 0 saturated carbocycles. The monoisotopic (exact) mass is 552 g/mol. The summed E-state index contributed by atoms with van der Waals surface area (Å²) in [6.07, 6.45) is 0. The van der Waals surface area contributed by atoms with Gasteiger partial charge in [-0.3, -0.25) is 0 Å². The fourth-order valence-corrected chi connectivity index (χ4v) is 3.68. The van der Waals surface area contributed by atoms with Crippen LogP contribution in [-0.4, -0.2) is 3.18 Å². The molecule has 0 aromatic heterocycles. The number of benzene rings is 3. The molecule has 3 aromatic rings. The van der Waals surface area contributed by atoms with E-state index >= 15 is 0 Å². The van der Waals surface area contributed by atoms with Crippen molar-refractivity contribution >= 4 is 62.2 Å². The van der Waals surface area contributed by atoms with Gasteiger partial charge in [-0.1, -0.05) is 66.4 Å². The zero-order valence-electron chi connectivity index (χ0n) is 15.0. The molecule has 0 amide bonds. The van der Waals surface area contributed by atoms with Crippen LogP contribution in [0.15, 0.2) is 76.5 Å². The molecule has 3 rings (SSSR count). The highest BCUT2D eigenvalue weighted by Gasteiger charge is 2.07. The Labute approximate surface area is 186 Å². The minimum Gasteiger partial charge on any atom is -0.123 e. The molecule has 134 valence electrons. The van der Waals surface area contributed by atoms with Crippen LogP contribution in [0.2, 0.25) is 0 Å². The Bertz CT molecular complexity index is 828. The molecule has 0 fully saturated rings. The minimum atomic E-state index is 0.271. The zero-order valence-corrected chi connectivity index (χ0v) is 20.5. The molecule has 0 aliphatic heterocycles. The SMILES string of the molecule is BrB(Br)Br.Cc1ccc(Sc2c(C)cccc2C)cc1-c1ccccc1. The van der Waals surface area contributed by atoms with Gasteiger partial charge in [-0.05, 0) is 60.7 Å². The highest BCUT2D eigenvalue weighted by molar-refractivity contribution is 9.69. The maximum absolute atomic E-state index is 3.10. The Morgan fingerprint density at radius 3 is 1.85 bits per heavy atom. The third-order valence-corrected chi connectivity index (χ3v) is 5.26. The average molecular weight is 555 g/mol. The molecule has 0 spiro atoms. The summed E-state index contributed by atoms with van der Waals surface area (Å²) in [4.78, 5) is 2.66. The summed E-state index contributed by atoms with van der Waals surface area (Å²) < 4.78 is 0.271. The van der Waals surface area contributed by atoms with Crippen molar-refractivity contribution in [3.63, 3.8) is 0 Å². The molecule has 0 aliphatic rings. The first-order valence-electron chi connectivity index (χ1n) is 8.21. The normalized spacial score (nSPS) is 10.1. The molecule has 26 heavy (non-hydrogen) atoms. The summed E-state index contributed by atoms with van der Waals surface area (Å²) in [6, 6.07) is 23.8. The van der Waals surface area contributed by atoms with Crippen LogP contribution in [0.1, 0.15) is 16.7 Å². The number of aryl methyl sites for hydroxylation is 3. The van der Waals surface area contributed by atoms with E-state index in [1.165, 1.54) is 37.6 Å². The Hall–Kier alpha value is -0.485. The third-order valence-electron chi connectivity index (χ3n) is 3.92. The van der Waals surface area contributed by atoms with Crippen molar-refractivity contribution in [2.45, 2.75) is 30.6 Å². The predicted octanol–water partition coefficient (Wildman–Crippen LogP) is 8.59. The van der Waals surface area contributed by atoms with Crippen molar-refractivity contribution < 1.29 is 0 Å². The van der Waals surface area contributed by atoms with E-state index < -0.39 is 0 Å². The van der Waals surface area contributed by atoms with E-state index in [1.54, 1.807) is 0 Å². The van der Waals surface area contributed by atoms with Gasteiger partial charge in [0.05, 0.1) is 0 Å². The lowest BCUT2D eigenvalue weighted by Crippen LogP contribution is -1.87. The zero-order chi connectivity index (χ0) is 19.1. The lowest BCUT2D eigenvalue weighted by molar-refractivity contribution is 1.21. The number of hydrogen-bond acceptors (Lipinski definition) is 1. The van der Waals surface area contributed by atoms with Crippen molar-refractivity contribution in [1.82, 2.24) is 0 Å². The molecule has 0 aliphatic carbocycles. The predicted molar refractivity (Wildman–Crippen MR) is 129 cm³/mol. The smallest absolute Gasteiger partial charge is 0.123 e. The molecule has 3 aromatic carbocycles. The maximum atomic E-state index is 3.10. The third kappa shape index (κ3) is 6.59. The van der Waals surface area contributed by atoms with E-state index in [1.807, 2.05) is 11.8 Å². The van der Waals surface area contributed by atoms with Crippen molar-refractivity contribution in [1.29, 1.82) is 0 Å². The summed E-state index contributed by atoms with van der Waals surface area (Å²) in [5.41, 5.74) is 6.59. The van der Waals surface area contributed by atoms with Gasteiger partial charge in [-0.15, -0.1) is 47.3 Å². The van der Waals surface area contributed by atoms with Crippen molar-refractivity contribution in [3.8, 4) is 11.1 Å². The van der Waals surface area contributed by atoms with E-state index in [0.29, 0.717) is 0 Å². The first-order chi connectivity index (χ1) is 12.4. The van der Waals surface area contributed by atoms with Crippen LogP contribution >= 0.6 is 59.0 Å². The van der Waals surface area contributed by atoms with E-state index in [2.05, 4.69) is 135 Å². The number of hydrogen-bond donors (Lipinski definition) is 0. The molecule has 0 unspecified atom stereocenters. The highest BCUT2D eigenvalue weighted by atomic mass is 79.9. The van der Waals surface area contributed by atoms with Crippen LogP contribution in [0.5, 0.6) is 0 Å². The molecule has 0 radical (unpaired) electrons. The summed E-state index contributed by atoms with van der Waals surface area (Å²) >= 11 is 11.2. The second kappa shape index (κ2) is 10.7. The highest BCUT2D eigenvalue weighted by Crippen LogP contribution is 2.35. The first-order valence-corrected chi connectivity index (χ1v) is 11.8. The molecule has 0 N–H and O–H groups in total. The first kappa shape index (κ1) is 21.8. The van der Waals surface area contributed by atoms with Crippen LogP contribution in [0.3, 0.4) is 0 Å². The summed E-state index contributed by atoms with van der Waals surface area (Å²) in [5, 5.41) is 0. The molecule has 0 saturated heterocycles. The van der Waals surface area contributed by atoms with Gasteiger partial charge < -0.3 is 0 Å². The van der Waals surface area contributed by atoms with E-state index in [4.69, 9.17) is 0 Å². The molecule has 0 atom stereocenters. The van der Waals surface area contributed by atoms with Gasteiger partial charge in [0.25, 0.3) is 0 Å². The van der Waals surface area contributed by atoms with Crippen molar-refractivity contribution in [2.24, 2.45) is 0 Å². The van der Waals surface area contributed by atoms with Crippen LogP contribution in [0.25, 0.3) is 11.1 Å². The van der Waals surface area contributed by atoms with Gasteiger partial charge in [-0.2, -0.15) is 0 Å². The van der Waals surface area contributed by atoms with E-state index in [-0.39, 0.29) is 3.18 Å². The lowest BCUT2D eigenvalue weighted by atomic mass is 10.0. The summed E-state index contributed by atoms with van der Waals surface area (Å²) in [7, 11) is 0. The van der Waals surface area contributed by atoms with Crippen molar-refractivity contribution in [3.05, 3.63) is 83.4 Å². The Kier molecular flexibility index (Phi) is 9.02. The second-order valence-corrected chi connectivity index (χ2v) is 13.4. The second-order valence-electron chi connectivity index (χ2n) is 5.91. The Balaban J connectivity index is 0.000000552.